The molecule has 0 saturated carbocycles. The first-order chi connectivity index (χ1) is 14.0. The number of aromatic nitrogens is 2. The third kappa shape index (κ3) is 5.28. The summed E-state index contributed by atoms with van der Waals surface area (Å²) < 4.78 is 16.2. The molecule has 0 radical (unpaired) electrons. The van der Waals surface area contributed by atoms with Crippen molar-refractivity contribution in [3.05, 3.63) is 53.9 Å². The molecule has 3 rings (SSSR count). The van der Waals surface area contributed by atoms with Gasteiger partial charge in [0.1, 0.15) is 0 Å². The number of carbonyl (C=O) groups excluding carboxylic acids is 1. The summed E-state index contributed by atoms with van der Waals surface area (Å²) in [6.07, 6.45) is 0.610. The van der Waals surface area contributed by atoms with E-state index >= 15 is 0 Å². The largest absolute Gasteiger partial charge is 0.493 e. The predicted octanol–water partition coefficient (Wildman–Crippen LogP) is 3.58. The quantitative estimate of drug-likeness (QED) is 0.561. The number of ether oxygens (including phenoxy) is 2. The molecule has 9 heteroatoms. The summed E-state index contributed by atoms with van der Waals surface area (Å²) in [5.74, 6) is 1.55. The second-order valence-electron chi connectivity index (χ2n) is 6.48. The molecule has 1 amide bonds. The van der Waals surface area contributed by atoms with Gasteiger partial charge in [-0.05, 0) is 32.2 Å². The number of methoxy groups -OCH3 is 2. The predicted molar refractivity (Wildman–Crippen MR) is 117 cm³/mol. The van der Waals surface area contributed by atoms with E-state index in [9.17, 15) is 4.79 Å². The topological polar surface area (TPSA) is 98.5 Å². The van der Waals surface area contributed by atoms with Gasteiger partial charge in [0, 0.05) is 24.1 Å². The van der Waals surface area contributed by atoms with Crippen LogP contribution in [0, 0.1) is 0 Å². The average Bonchev–Trinajstić information content (AvgIpc) is 3.21. The lowest BCUT2D eigenvalue weighted by atomic mass is 10.1. The molecule has 8 nitrogen and oxygen atoms in total. The number of hydrogen-bond donors (Lipinski definition) is 2. The van der Waals surface area contributed by atoms with Gasteiger partial charge in [-0.25, -0.2) is 0 Å². The molecule has 3 aromatic rings. The number of benzene rings is 2. The zero-order valence-corrected chi connectivity index (χ0v) is 18.1. The fraction of sp³-hybridized carbons (Fsp3) is 0.286. The molecule has 0 aliphatic carbocycles. The van der Waals surface area contributed by atoms with Gasteiger partial charge in [0.15, 0.2) is 17.3 Å². The summed E-state index contributed by atoms with van der Waals surface area (Å²) in [4.78, 5) is 17.2. The van der Waals surface area contributed by atoms with Crippen LogP contribution in [0.3, 0.4) is 0 Å². The smallest absolute Gasteiger partial charge is 0.260 e. The summed E-state index contributed by atoms with van der Waals surface area (Å²) in [6, 6.07) is 12.5. The number of rotatable bonds is 8. The van der Waals surface area contributed by atoms with Gasteiger partial charge in [-0.15, -0.1) is 12.4 Å². The lowest BCUT2D eigenvalue weighted by Gasteiger charge is -2.14. The Balaban J connectivity index is 0.00000320. The van der Waals surface area contributed by atoms with Gasteiger partial charge in [0.25, 0.3) is 11.8 Å². The van der Waals surface area contributed by atoms with Crippen molar-refractivity contribution in [1.82, 2.24) is 15.5 Å². The molecular weight excluding hydrogens is 408 g/mol. The van der Waals surface area contributed by atoms with Crippen LogP contribution in [0.25, 0.3) is 11.5 Å². The number of nitrogens with one attached hydrogen (secondary N) is 2. The van der Waals surface area contributed by atoms with Crippen molar-refractivity contribution in [2.75, 3.05) is 26.6 Å². The van der Waals surface area contributed by atoms with Crippen LogP contribution in [0.15, 0.2) is 47.0 Å². The van der Waals surface area contributed by atoms with Gasteiger partial charge < -0.3 is 24.6 Å². The van der Waals surface area contributed by atoms with Gasteiger partial charge in [-0.1, -0.05) is 23.4 Å². The Morgan fingerprint density at radius 1 is 1.13 bits per heavy atom. The highest BCUT2D eigenvalue weighted by Gasteiger charge is 2.20. The highest BCUT2D eigenvalue weighted by molar-refractivity contribution is 6.06. The monoisotopic (exact) mass is 432 g/mol. The highest BCUT2D eigenvalue weighted by Crippen LogP contribution is 2.38. The molecule has 1 atom stereocenters. The van der Waals surface area contributed by atoms with Gasteiger partial charge in [-0.3, -0.25) is 4.79 Å². The number of nitrogens with zero attached hydrogens (tertiary/aromatic N) is 2. The second-order valence-corrected chi connectivity index (χ2v) is 6.48. The molecule has 1 heterocycles. The number of hydrogen-bond acceptors (Lipinski definition) is 7. The van der Waals surface area contributed by atoms with E-state index in [1.807, 2.05) is 20.0 Å². The van der Waals surface area contributed by atoms with Crippen LogP contribution < -0.4 is 20.1 Å². The fourth-order valence-corrected chi connectivity index (χ4v) is 2.77. The van der Waals surface area contributed by atoms with Crippen LogP contribution in [-0.4, -0.2) is 43.4 Å². The maximum Gasteiger partial charge on any atom is 0.260 e. The minimum atomic E-state index is -0.261. The molecule has 2 aromatic carbocycles. The Morgan fingerprint density at radius 2 is 1.80 bits per heavy atom. The van der Waals surface area contributed by atoms with E-state index in [1.54, 1.807) is 36.4 Å². The second kappa shape index (κ2) is 10.6. The summed E-state index contributed by atoms with van der Waals surface area (Å²) >= 11 is 0. The van der Waals surface area contributed by atoms with Gasteiger partial charge >= 0.3 is 0 Å². The third-order valence-corrected chi connectivity index (χ3v) is 4.49. The zero-order chi connectivity index (χ0) is 20.8. The Kier molecular flexibility index (Phi) is 8.20. The van der Waals surface area contributed by atoms with Crippen LogP contribution >= 0.6 is 12.4 Å². The van der Waals surface area contributed by atoms with Gasteiger partial charge in [0.2, 0.25) is 0 Å². The summed E-state index contributed by atoms with van der Waals surface area (Å²) in [5.41, 5.74) is 1.55. The molecule has 1 aromatic heterocycles. The first kappa shape index (κ1) is 23.2. The molecule has 0 aliphatic rings. The van der Waals surface area contributed by atoms with Crippen LogP contribution in [0.4, 0.5) is 5.69 Å². The van der Waals surface area contributed by atoms with E-state index in [2.05, 4.69) is 20.8 Å². The molecule has 1 unspecified atom stereocenters. The summed E-state index contributed by atoms with van der Waals surface area (Å²) in [6.45, 7) is 2.03. The minimum absolute atomic E-state index is 0. The standard InChI is InChI=1S/C21H24N4O4.ClH/c1-13(22-2)10-19-24-21(29-25-19)15-11-17(27-3)18(28-4)12-16(15)23-20(26)14-8-6-5-7-9-14;/h5-9,11-13,22H,10H2,1-4H3,(H,23,26);1H. The first-order valence-electron chi connectivity index (χ1n) is 9.18. The van der Waals surface area contributed by atoms with Crippen LogP contribution in [0.5, 0.6) is 11.5 Å². The molecule has 0 fully saturated rings. The van der Waals surface area contributed by atoms with E-state index in [0.717, 1.165) is 0 Å². The Hall–Kier alpha value is -3.10. The molecule has 160 valence electrons. The van der Waals surface area contributed by atoms with Gasteiger partial charge in [0.05, 0.1) is 25.5 Å². The van der Waals surface area contributed by atoms with Crippen molar-refractivity contribution in [1.29, 1.82) is 0 Å². The van der Waals surface area contributed by atoms with Crippen LogP contribution in [0.2, 0.25) is 0 Å². The molecular formula is C21H25ClN4O4. The van der Waals surface area contributed by atoms with E-state index in [4.69, 9.17) is 14.0 Å². The zero-order valence-electron chi connectivity index (χ0n) is 17.3. The molecule has 0 bridgehead atoms. The third-order valence-electron chi connectivity index (χ3n) is 4.49. The van der Waals surface area contributed by atoms with E-state index in [0.29, 0.717) is 40.6 Å². The molecule has 0 spiro atoms. The van der Waals surface area contributed by atoms with Gasteiger partial charge in [-0.2, -0.15) is 4.98 Å². The first-order valence-corrected chi connectivity index (χ1v) is 9.18. The average molecular weight is 433 g/mol. The number of anilines is 1. The normalized spacial score (nSPS) is 11.3. The summed E-state index contributed by atoms with van der Waals surface area (Å²) in [7, 11) is 4.94. The van der Waals surface area contributed by atoms with E-state index in [-0.39, 0.29) is 30.2 Å². The Labute approximate surface area is 181 Å². The lowest BCUT2D eigenvalue weighted by Crippen LogP contribution is -2.24. The molecule has 0 aliphatic heterocycles. The van der Waals surface area contributed by atoms with Crippen LogP contribution in [-0.2, 0) is 6.42 Å². The Bertz CT molecular complexity index is 978. The maximum atomic E-state index is 12.7. The van der Waals surface area contributed by atoms with Crippen molar-refractivity contribution in [3.63, 3.8) is 0 Å². The Morgan fingerprint density at radius 3 is 2.43 bits per heavy atom. The number of carbonyl (C=O) groups is 1. The SMILES string of the molecule is CNC(C)Cc1noc(-c2cc(OC)c(OC)cc2NC(=O)c2ccccc2)n1.Cl. The lowest BCUT2D eigenvalue weighted by molar-refractivity contribution is 0.102. The minimum Gasteiger partial charge on any atom is -0.493 e. The van der Waals surface area contributed by atoms with Crippen molar-refractivity contribution < 1.29 is 18.8 Å². The van der Waals surface area contributed by atoms with E-state index < -0.39 is 0 Å². The maximum absolute atomic E-state index is 12.7. The van der Waals surface area contributed by atoms with Crippen LogP contribution in [0.1, 0.15) is 23.1 Å². The highest BCUT2D eigenvalue weighted by atomic mass is 35.5. The van der Waals surface area contributed by atoms with Crippen molar-refractivity contribution in [2.45, 2.75) is 19.4 Å². The molecule has 2 N–H and O–H groups in total. The van der Waals surface area contributed by atoms with Crippen molar-refractivity contribution >= 4 is 24.0 Å². The van der Waals surface area contributed by atoms with E-state index in [1.165, 1.54) is 14.2 Å². The fourth-order valence-electron chi connectivity index (χ4n) is 2.77. The number of amides is 1. The number of likely N-dealkylation sites (N-methyl/N-ethyl adjacent to an activating group) is 1. The molecule has 0 saturated heterocycles. The molecule has 30 heavy (non-hydrogen) atoms. The van der Waals surface area contributed by atoms with Crippen molar-refractivity contribution in [3.8, 4) is 23.0 Å². The summed E-state index contributed by atoms with van der Waals surface area (Å²) in [5, 5.41) is 10.1. The van der Waals surface area contributed by atoms with Crippen molar-refractivity contribution in [2.24, 2.45) is 0 Å². The number of halogens is 1.